The van der Waals surface area contributed by atoms with Gasteiger partial charge < -0.3 is 14.3 Å². The van der Waals surface area contributed by atoms with Crippen molar-refractivity contribution < 1.29 is 18.7 Å². The van der Waals surface area contributed by atoms with Gasteiger partial charge >= 0.3 is 0 Å². The third kappa shape index (κ3) is 4.03. The molecule has 24 heavy (non-hydrogen) atoms. The summed E-state index contributed by atoms with van der Waals surface area (Å²) in [7, 11) is 2.99. The molecule has 0 aliphatic heterocycles. The summed E-state index contributed by atoms with van der Waals surface area (Å²) in [5.41, 5.74) is 0.308. The summed E-state index contributed by atoms with van der Waals surface area (Å²) < 4.78 is 23.4. The van der Waals surface area contributed by atoms with Crippen LogP contribution in [0.25, 0.3) is 0 Å². The predicted molar refractivity (Wildman–Crippen MR) is 90.3 cm³/mol. The molecule has 2 aromatic rings. The van der Waals surface area contributed by atoms with Crippen molar-refractivity contribution in [2.24, 2.45) is 0 Å². The number of nitrogens with zero attached hydrogens (tertiary/aromatic N) is 2. The Morgan fingerprint density at radius 3 is 2.12 bits per heavy atom. The summed E-state index contributed by atoms with van der Waals surface area (Å²) in [5.74, 6) is 0.396. The van der Waals surface area contributed by atoms with Gasteiger partial charge in [0.2, 0.25) is 11.8 Å². The molecule has 0 bridgehead atoms. The van der Waals surface area contributed by atoms with E-state index in [0.717, 1.165) is 11.8 Å². The molecule has 0 saturated heterocycles. The molecular weight excluding hydrogens is 331 g/mol. The molecule has 0 aliphatic carbocycles. The third-order valence-corrected chi connectivity index (χ3v) is 5.08. The highest BCUT2D eigenvalue weighted by Gasteiger charge is 2.33. The second-order valence-electron chi connectivity index (χ2n) is 5.64. The van der Waals surface area contributed by atoms with Crippen LogP contribution in [0.5, 0.6) is 11.8 Å². The van der Waals surface area contributed by atoms with Crippen LogP contribution in [0.4, 0.5) is 4.39 Å². The first-order valence-electron chi connectivity index (χ1n) is 7.25. The van der Waals surface area contributed by atoms with Crippen molar-refractivity contribution in [2.45, 2.75) is 29.7 Å². The summed E-state index contributed by atoms with van der Waals surface area (Å²) in [5, 5.41) is -0.0988. The molecule has 0 N–H and O–H groups in total. The summed E-state index contributed by atoms with van der Waals surface area (Å²) in [6.45, 7) is 3.84. The van der Waals surface area contributed by atoms with Crippen molar-refractivity contribution >= 4 is 18.0 Å². The second-order valence-corrected chi connectivity index (χ2v) is 6.75. The Bertz CT molecular complexity index is 685. The number of hydrogen-bond acceptors (Lipinski definition) is 6. The van der Waals surface area contributed by atoms with Gasteiger partial charge in [-0.1, -0.05) is 37.7 Å². The van der Waals surface area contributed by atoms with Crippen LogP contribution < -0.4 is 9.47 Å². The molecule has 0 radical (unpaired) electrons. The highest BCUT2D eigenvalue weighted by atomic mass is 32.2. The first-order chi connectivity index (χ1) is 11.4. The van der Waals surface area contributed by atoms with Gasteiger partial charge in [0.25, 0.3) is 0 Å². The Morgan fingerprint density at radius 1 is 1.12 bits per heavy atom. The zero-order valence-corrected chi connectivity index (χ0v) is 14.8. The zero-order valence-electron chi connectivity index (χ0n) is 13.9. The average Bonchev–Trinajstić information content (AvgIpc) is 2.59. The van der Waals surface area contributed by atoms with E-state index in [2.05, 4.69) is 9.97 Å². The number of rotatable bonds is 7. The molecule has 7 heteroatoms. The molecule has 1 unspecified atom stereocenters. The van der Waals surface area contributed by atoms with E-state index in [9.17, 15) is 9.18 Å². The Balaban J connectivity index is 2.31. The van der Waals surface area contributed by atoms with E-state index >= 15 is 0 Å². The molecular formula is C17H19FN2O3S. The molecule has 1 heterocycles. The maximum absolute atomic E-state index is 13.1. The quantitative estimate of drug-likeness (QED) is 0.434. The van der Waals surface area contributed by atoms with Crippen LogP contribution >= 0.6 is 11.8 Å². The van der Waals surface area contributed by atoms with Crippen molar-refractivity contribution in [1.82, 2.24) is 9.97 Å². The van der Waals surface area contributed by atoms with Crippen LogP contribution in [0.2, 0.25) is 0 Å². The monoisotopic (exact) mass is 350 g/mol. The molecule has 5 nitrogen and oxygen atoms in total. The lowest BCUT2D eigenvalue weighted by Crippen LogP contribution is -2.32. The molecule has 1 aromatic heterocycles. The van der Waals surface area contributed by atoms with Gasteiger partial charge in [-0.25, -0.2) is 4.39 Å². The average molecular weight is 350 g/mol. The number of methoxy groups -OCH3 is 2. The molecule has 0 fully saturated rings. The standard InChI is InChI=1S/C17H19FN2O3S/c1-17(2,11-5-7-12(18)8-6-11)13(10-21)24-16-19-14(22-3)9-15(20-16)23-4/h5-10,13H,1-4H3. The van der Waals surface area contributed by atoms with Crippen LogP contribution in [0.15, 0.2) is 35.5 Å². The minimum Gasteiger partial charge on any atom is -0.481 e. The van der Waals surface area contributed by atoms with Crippen LogP contribution in [0, 0.1) is 5.82 Å². The van der Waals surface area contributed by atoms with Crippen molar-refractivity contribution in [1.29, 1.82) is 0 Å². The van der Waals surface area contributed by atoms with Gasteiger partial charge in [0, 0.05) is 5.41 Å². The molecule has 0 spiro atoms. The van der Waals surface area contributed by atoms with Gasteiger partial charge in [-0.05, 0) is 17.7 Å². The molecule has 0 saturated carbocycles. The van der Waals surface area contributed by atoms with E-state index in [1.165, 1.54) is 38.1 Å². The Hall–Kier alpha value is -2.15. The van der Waals surface area contributed by atoms with E-state index in [4.69, 9.17) is 9.47 Å². The number of aromatic nitrogens is 2. The lowest BCUT2D eigenvalue weighted by atomic mass is 9.81. The van der Waals surface area contributed by atoms with Gasteiger partial charge in [0.1, 0.15) is 12.1 Å². The smallest absolute Gasteiger partial charge is 0.220 e. The SMILES string of the molecule is COc1cc(OC)nc(SC(C=O)C(C)(C)c2ccc(F)cc2)n1. The first kappa shape index (κ1) is 18.2. The number of ether oxygens (including phenoxy) is 2. The van der Waals surface area contributed by atoms with Gasteiger partial charge in [-0.15, -0.1) is 0 Å². The van der Waals surface area contributed by atoms with Gasteiger partial charge in [-0.2, -0.15) is 9.97 Å². The molecule has 1 atom stereocenters. The molecule has 0 aliphatic rings. The van der Waals surface area contributed by atoms with E-state index in [1.54, 1.807) is 18.2 Å². The van der Waals surface area contributed by atoms with Gasteiger partial charge in [-0.3, -0.25) is 0 Å². The van der Waals surface area contributed by atoms with Crippen LogP contribution in [-0.4, -0.2) is 35.7 Å². The van der Waals surface area contributed by atoms with Crippen LogP contribution in [0.3, 0.4) is 0 Å². The van der Waals surface area contributed by atoms with Crippen molar-refractivity contribution in [3.05, 3.63) is 41.7 Å². The topological polar surface area (TPSA) is 61.3 Å². The fourth-order valence-electron chi connectivity index (χ4n) is 2.15. The summed E-state index contributed by atoms with van der Waals surface area (Å²) in [6, 6.07) is 7.69. The Morgan fingerprint density at radius 2 is 1.67 bits per heavy atom. The lowest BCUT2D eigenvalue weighted by molar-refractivity contribution is -0.108. The number of hydrogen-bond donors (Lipinski definition) is 0. The molecule has 0 amide bonds. The largest absolute Gasteiger partial charge is 0.481 e. The Kier molecular flexibility index (Phi) is 5.77. The molecule has 1 aromatic carbocycles. The number of benzene rings is 1. The summed E-state index contributed by atoms with van der Waals surface area (Å²) in [6.07, 6.45) is 0.851. The third-order valence-electron chi connectivity index (χ3n) is 3.73. The minimum atomic E-state index is -0.542. The number of thioether (sulfide) groups is 1. The molecule has 2 rings (SSSR count). The normalized spacial score (nSPS) is 12.5. The lowest BCUT2D eigenvalue weighted by Gasteiger charge is -2.30. The van der Waals surface area contributed by atoms with Crippen molar-refractivity contribution in [3.63, 3.8) is 0 Å². The number of halogens is 1. The fraction of sp³-hybridized carbons (Fsp3) is 0.353. The van der Waals surface area contributed by atoms with E-state index in [0.29, 0.717) is 16.9 Å². The van der Waals surface area contributed by atoms with Crippen molar-refractivity contribution in [3.8, 4) is 11.8 Å². The number of carbonyl (C=O) groups excluding carboxylic acids is 1. The maximum Gasteiger partial charge on any atom is 0.220 e. The second kappa shape index (κ2) is 7.61. The van der Waals surface area contributed by atoms with Gasteiger partial charge in [0.15, 0.2) is 5.16 Å². The number of carbonyl (C=O) groups is 1. The van der Waals surface area contributed by atoms with E-state index in [-0.39, 0.29) is 5.82 Å². The minimum absolute atomic E-state index is 0.314. The fourth-order valence-corrected chi connectivity index (χ4v) is 3.15. The van der Waals surface area contributed by atoms with E-state index < -0.39 is 10.7 Å². The van der Waals surface area contributed by atoms with Gasteiger partial charge in [0.05, 0.1) is 25.5 Å². The summed E-state index contributed by atoms with van der Waals surface area (Å²) >= 11 is 1.21. The zero-order chi connectivity index (χ0) is 17.7. The van der Waals surface area contributed by atoms with E-state index in [1.807, 2.05) is 13.8 Å². The van der Waals surface area contributed by atoms with Crippen LogP contribution in [-0.2, 0) is 10.2 Å². The molecule has 128 valence electrons. The maximum atomic E-state index is 13.1. The predicted octanol–water partition coefficient (Wildman–Crippen LogP) is 3.27. The Labute approximate surface area is 144 Å². The van der Waals surface area contributed by atoms with Crippen molar-refractivity contribution in [2.75, 3.05) is 14.2 Å². The van der Waals surface area contributed by atoms with Crippen LogP contribution in [0.1, 0.15) is 19.4 Å². The number of aldehydes is 1. The first-order valence-corrected chi connectivity index (χ1v) is 8.13. The summed E-state index contributed by atoms with van der Waals surface area (Å²) in [4.78, 5) is 20.2. The highest BCUT2D eigenvalue weighted by molar-refractivity contribution is 8.00. The highest BCUT2D eigenvalue weighted by Crippen LogP contribution is 2.37.